The van der Waals surface area contributed by atoms with Crippen molar-refractivity contribution in [3.8, 4) is 0 Å². The first kappa shape index (κ1) is 105. The quantitative estimate of drug-likeness (QED) is 0.0529. The molecule has 8 unspecified atom stereocenters. The van der Waals surface area contributed by atoms with Gasteiger partial charge in [0.1, 0.15) is 0 Å². The first-order chi connectivity index (χ1) is 47.8. The van der Waals surface area contributed by atoms with Gasteiger partial charge in [-0.25, -0.2) is 39.5 Å². The van der Waals surface area contributed by atoms with E-state index in [9.17, 15) is 145 Å². The third-order valence-corrected chi connectivity index (χ3v) is 11.0. The monoisotopic (exact) mass is 1800 g/mol. The fourth-order valence-corrected chi connectivity index (χ4v) is 5.67. The van der Waals surface area contributed by atoms with Crippen molar-refractivity contribution < 1.29 is 326 Å². The van der Waals surface area contributed by atoms with E-state index >= 15 is 101 Å². The zero-order chi connectivity index (χ0) is 88.9. The summed E-state index contributed by atoms with van der Waals surface area (Å²) in [5.41, 5.74) is 0. The number of hydrogen-bond donors (Lipinski definition) is 0. The van der Waals surface area contributed by atoms with Crippen molar-refractivity contribution >= 4 is 0 Å². The summed E-state index contributed by atoms with van der Waals surface area (Å²) < 4.78 is 855. The van der Waals surface area contributed by atoms with E-state index in [0.29, 0.717) is 14.2 Å². The van der Waals surface area contributed by atoms with Crippen molar-refractivity contribution in [3.63, 3.8) is 0 Å². The van der Waals surface area contributed by atoms with Crippen LogP contribution < -0.4 is 0 Å². The number of rotatable bonds is 49. The largest absolute Gasteiger partial charge is 0.451 e. The summed E-state index contributed by atoms with van der Waals surface area (Å²) >= 11 is 0. The first-order valence-electron chi connectivity index (χ1n) is 23.9. The highest BCUT2D eigenvalue weighted by Crippen LogP contribution is 2.66. The molecule has 73 heteroatoms. The average Bonchev–Trinajstić information content (AvgIpc) is 0.696. The maximum atomic E-state index is 17.1. The third kappa shape index (κ3) is 19.4. The summed E-state index contributed by atoms with van der Waals surface area (Å²) in [6.45, 7) is -27.8. The van der Waals surface area contributed by atoms with E-state index in [1.807, 2.05) is 9.47 Å². The van der Waals surface area contributed by atoms with E-state index in [4.69, 9.17) is 0 Å². The van der Waals surface area contributed by atoms with Gasteiger partial charge in [-0.1, -0.05) is 0 Å². The highest BCUT2D eigenvalue weighted by atomic mass is 19.4. The lowest BCUT2D eigenvalue weighted by Crippen LogP contribution is -2.77. The average molecular weight is 1800 g/mol. The Morgan fingerprint density at radius 3 is 0.527 bits per heavy atom. The highest BCUT2D eigenvalue weighted by molar-refractivity contribution is 5.04. The minimum atomic E-state index is -11.4. The first-order valence-corrected chi connectivity index (χ1v) is 23.9. The fraction of sp³-hybridized carbons (Fsp3) is 1.00. The lowest BCUT2D eigenvalue weighted by molar-refractivity contribution is -0.635. The van der Waals surface area contributed by atoms with Gasteiger partial charge in [0.2, 0.25) is 0 Å². The third-order valence-electron chi connectivity index (χ3n) is 11.0. The van der Waals surface area contributed by atoms with Crippen LogP contribution in [0, 0.1) is 0 Å². The van der Waals surface area contributed by atoms with Gasteiger partial charge in [-0.2, -0.15) is 206 Å². The predicted molar refractivity (Wildman–Crippen MR) is 203 cm³/mol. The molecule has 0 radical (unpaired) electrons. The zero-order valence-electron chi connectivity index (χ0n) is 49.0. The molecule has 110 heavy (non-hydrogen) atoms. The van der Waals surface area contributed by atoms with Gasteiger partial charge < -0.3 is 4.74 Å². The van der Waals surface area contributed by atoms with Gasteiger partial charge >= 0.3 is 163 Å². The molecule has 0 amide bonds. The van der Waals surface area contributed by atoms with Crippen LogP contribution in [-0.4, -0.2) is 224 Å². The SMILES string of the molecule is COC(F)(F)C(F)OC(F)(F)C(F)(OC(F)(F)C(F)(OC(F)(F)C(F)(OC(F)(F)C(F)(F)OC(C)(F)C(F)(F)F)C(F)(F)OC(F)(C(F)(F)OC(F)(C(F)(F)OCF)C(F)(F)OCF)C(F)(F)OC(F)(C(F)(F)OCF)C(F)(F)OC(F)C(F)(F)F)C(F)(F)OC(F)(C(F)(F)OCF)C(F)(F)OCF)C(F)(F)OCF. The normalized spacial score (nSPS) is 19.5. The Bertz CT molecular complexity index is 2910. The molecule has 0 bridgehead atoms. The Hall–Kier alpha value is -4.60. The minimum Gasteiger partial charge on any atom is -0.320 e. The number of alkyl halides is 56. The van der Waals surface area contributed by atoms with Crippen LogP contribution in [0.15, 0.2) is 0 Å². The summed E-state index contributed by atoms with van der Waals surface area (Å²) in [6.07, 6.45) is -190. The van der Waals surface area contributed by atoms with E-state index in [1.165, 1.54) is 9.47 Å². The van der Waals surface area contributed by atoms with Gasteiger partial charge in [-0.05, 0) is 0 Å². The van der Waals surface area contributed by atoms with E-state index in [2.05, 4.69) is 4.74 Å². The molecule has 0 spiro atoms. The van der Waals surface area contributed by atoms with E-state index in [-0.39, 0.29) is 0 Å². The van der Waals surface area contributed by atoms with Crippen molar-refractivity contribution in [1.29, 1.82) is 0 Å². The summed E-state index contributed by atoms with van der Waals surface area (Å²) in [5.74, 6) is -78.8. The lowest BCUT2D eigenvalue weighted by atomic mass is 10.1. The van der Waals surface area contributed by atoms with Crippen LogP contribution in [0.4, 0.5) is 246 Å². The Morgan fingerprint density at radius 1 is 0.209 bits per heavy atom. The Labute approximate surface area is 558 Å². The van der Waals surface area contributed by atoms with Gasteiger partial charge in [0.05, 0.1) is 0 Å². The Kier molecular flexibility index (Phi) is 30.8. The Morgan fingerprint density at radius 2 is 0.364 bits per heavy atom. The van der Waals surface area contributed by atoms with Crippen LogP contribution in [0.1, 0.15) is 6.92 Å². The lowest BCUT2D eigenvalue weighted by Gasteiger charge is -2.48. The van der Waals surface area contributed by atoms with Gasteiger partial charge in [0.25, 0.3) is 12.7 Å². The molecular weight excluding hydrogens is 1780 g/mol. The molecule has 0 aromatic carbocycles. The summed E-state index contributed by atoms with van der Waals surface area (Å²) in [4.78, 5) is 0. The summed E-state index contributed by atoms with van der Waals surface area (Å²) in [7, 11) is -0.862. The Balaban J connectivity index is 11.3. The maximum Gasteiger partial charge on any atom is 0.451 e. The van der Waals surface area contributed by atoms with E-state index in [1.54, 1.807) is 23.7 Å². The van der Waals surface area contributed by atoms with E-state index < -0.39 is 231 Å². The van der Waals surface area contributed by atoms with Crippen LogP contribution in [0.5, 0.6) is 0 Å². The van der Waals surface area contributed by atoms with Crippen molar-refractivity contribution in [2.24, 2.45) is 0 Å². The number of hydrogen-bond acceptors (Lipinski definition) is 17. The molecule has 0 aromatic rings. The van der Waals surface area contributed by atoms with Gasteiger partial charge in [-0.3, -0.25) is 75.8 Å². The molecule has 0 N–H and O–H groups in total. The molecule has 0 aliphatic rings. The molecule has 0 aromatic heterocycles. The van der Waals surface area contributed by atoms with Gasteiger partial charge in [0, 0.05) is 14.0 Å². The van der Waals surface area contributed by atoms with Crippen molar-refractivity contribution in [3.05, 3.63) is 0 Å². The zero-order valence-corrected chi connectivity index (χ0v) is 49.0. The summed E-state index contributed by atoms with van der Waals surface area (Å²) in [5, 5.41) is 0. The molecule has 0 rings (SSSR count). The van der Waals surface area contributed by atoms with Gasteiger partial charge in [-0.15, -0.1) is 0 Å². The fourth-order valence-electron chi connectivity index (χ4n) is 5.67. The molecule has 0 aliphatic heterocycles. The van der Waals surface area contributed by atoms with E-state index in [0.717, 1.165) is 18.9 Å². The van der Waals surface area contributed by atoms with Crippen molar-refractivity contribution in [2.45, 2.75) is 183 Å². The smallest absolute Gasteiger partial charge is 0.320 e. The molecular formula is C37H20F56O17. The second kappa shape index (κ2) is 32.1. The van der Waals surface area contributed by atoms with Crippen LogP contribution in [-0.2, 0) is 80.5 Å². The molecule has 0 aliphatic carbocycles. The number of halogens is 56. The molecule has 0 saturated heterocycles. The van der Waals surface area contributed by atoms with Crippen LogP contribution in [0.2, 0.25) is 0 Å². The predicted octanol–water partition coefficient (Wildman–Crippen LogP) is 17.6. The maximum absolute atomic E-state index is 17.1. The number of methoxy groups -OCH3 is 1. The van der Waals surface area contributed by atoms with Crippen LogP contribution in [0.25, 0.3) is 0 Å². The summed E-state index contributed by atoms with van der Waals surface area (Å²) in [6, 6.07) is 0. The second-order valence-electron chi connectivity index (χ2n) is 18.4. The second-order valence-corrected chi connectivity index (χ2v) is 18.4. The standard InChI is InChI=1S/C37H20F56O17/c1-11(46,21(59,60)61)103-36(90,91)37(92,93)110-20(58,34(86,87)108-18(56,30(78,79)104-14(52,22(62,63)95-3-38)23(64,65)96-4-39)32(82,83)106-16(54,26(70,71)99-7-42)28(74,75)101-9(44)12(47,48)49)35(88,89)109-19(57,31(80,81)105-15(53,24(66,67)97-5-40)25(68,69)98-6-41)33(84,85)107-17(55,27(72,73)100-8-43)29(76,77)102-10(45)13(50,51)94-2/h9-10H,3-8H2,1-2H3. The molecule has 0 saturated carbocycles. The molecule has 0 heterocycles. The van der Waals surface area contributed by atoms with Crippen LogP contribution in [0.3, 0.4) is 0 Å². The molecule has 17 nitrogen and oxygen atoms in total. The van der Waals surface area contributed by atoms with Crippen molar-refractivity contribution in [1.82, 2.24) is 0 Å². The highest BCUT2D eigenvalue weighted by Gasteiger charge is 2.95. The molecule has 0 fully saturated rings. The topological polar surface area (TPSA) is 157 Å². The van der Waals surface area contributed by atoms with Crippen molar-refractivity contribution in [2.75, 3.05) is 48.3 Å². The van der Waals surface area contributed by atoms with Gasteiger partial charge in [0.15, 0.2) is 41.2 Å². The number of ether oxygens (including phenoxy) is 17. The minimum absolute atomic E-state index is 0.566. The van der Waals surface area contributed by atoms with Crippen LogP contribution >= 0.6 is 0 Å². The molecule has 8 atom stereocenters. The molecule has 662 valence electrons.